The minimum absolute atomic E-state index is 0.721. The maximum absolute atomic E-state index is 4.66. The zero-order chi connectivity index (χ0) is 18.6. The molecule has 0 aliphatic carbocycles. The quantitative estimate of drug-likeness (QED) is 0.536. The second-order valence-corrected chi connectivity index (χ2v) is 6.26. The Morgan fingerprint density at radius 1 is 0.852 bits per heavy atom. The lowest BCUT2D eigenvalue weighted by Gasteiger charge is -2.14. The molecule has 2 N–H and O–H groups in total. The van der Waals surface area contributed by atoms with Crippen LogP contribution >= 0.6 is 0 Å². The fourth-order valence-electron chi connectivity index (χ4n) is 2.91. The molecule has 0 saturated carbocycles. The average molecular weight is 356 g/mol. The first-order chi connectivity index (χ1) is 13.2. The molecular weight excluding hydrogens is 336 g/mol. The molecule has 6 heteroatoms. The number of aryl methyl sites for hydroxylation is 2. The summed E-state index contributed by atoms with van der Waals surface area (Å²) in [5.41, 5.74) is 5.82. The van der Waals surface area contributed by atoms with E-state index in [1.807, 2.05) is 43.3 Å². The van der Waals surface area contributed by atoms with Gasteiger partial charge in [0.1, 0.15) is 18.0 Å². The van der Waals surface area contributed by atoms with E-state index in [9.17, 15) is 0 Å². The van der Waals surface area contributed by atoms with Crippen LogP contribution in [0, 0.1) is 6.92 Å². The van der Waals surface area contributed by atoms with Crippen molar-refractivity contribution in [2.45, 2.75) is 20.3 Å². The zero-order valence-electron chi connectivity index (χ0n) is 15.3. The van der Waals surface area contributed by atoms with Gasteiger partial charge in [-0.2, -0.15) is 0 Å². The first-order valence-electron chi connectivity index (χ1n) is 8.88. The second kappa shape index (κ2) is 7.37. The van der Waals surface area contributed by atoms with Crippen LogP contribution < -0.4 is 10.6 Å². The molecule has 2 aromatic carbocycles. The van der Waals surface area contributed by atoms with E-state index < -0.39 is 0 Å². The van der Waals surface area contributed by atoms with E-state index in [4.69, 9.17) is 0 Å². The van der Waals surface area contributed by atoms with Crippen LogP contribution in [0.1, 0.15) is 18.2 Å². The van der Waals surface area contributed by atoms with Crippen LogP contribution in [0.3, 0.4) is 0 Å². The number of fused-ring (bicyclic) bond motifs is 1. The Bertz CT molecular complexity index is 1090. The number of aromatic nitrogens is 4. The van der Waals surface area contributed by atoms with Crippen LogP contribution in [0.15, 0.2) is 61.1 Å². The maximum Gasteiger partial charge on any atom is 0.149 e. The van der Waals surface area contributed by atoms with Crippen LogP contribution in [-0.2, 0) is 6.42 Å². The van der Waals surface area contributed by atoms with E-state index in [-0.39, 0.29) is 0 Å². The summed E-state index contributed by atoms with van der Waals surface area (Å²) in [4.78, 5) is 17.5. The van der Waals surface area contributed by atoms with E-state index in [1.165, 1.54) is 5.56 Å². The molecular formula is C21H20N6. The number of hydrogen-bond donors (Lipinski definition) is 2. The number of anilines is 4. The Morgan fingerprint density at radius 3 is 2.52 bits per heavy atom. The SMILES string of the molecule is CCc1ccc(Nc2cc(C)ncn2)cc1Nc1cnc2ccccc2n1. The zero-order valence-corrected chi connectivity index (χ0v) is 15.3. The summed E-state index contributed by atoms with van der Waals surface area (Å²) in [6.45, 7) is 4.08. The third kappa shape index (κ3) is 3.84. The van der Waals surface area contributed by atoms with Crippen LogP contribution in [0.25, 0.3) is 11.0 Å². The van der Waals surface area contributed by atoms with Crippen molar-refractivity contribution in [2.75, 3.05) is 10.6 Å². The van der Waals surface area contributed by atoms with Crippen molar-refractivity contribution >= 4 is 34.0 Å². The minimum Gasteiger partial charge on any atom is -0.340 e. The molecule has 0 aliphatic rings. The number of benzene rings is 2. The fourth-order valence-corrected chi connectivity index (χ4v) is 2.91. The van der Waals surface area contributed by atoms with E-state index in [0.29, 0.717) is 0 Å². The van der Waals surface area contributed by atoms with Gasteiger partial charge in [0.25, 0.3) is 0 Å². The maximum atomic E-state index is 4.66. The van der Waals surface area contributed by atoms with Crippen LogP contribution in [0.2, 0.25) is 0 Å². The molecule has 0 aliphatic heterocycles. The highest BCUT2D eigenvalue weighted by Crippen LogP contribution is 2.26. The van der Waals surface area contributed by atoms with Crippen molar-refractivity contribution in [1.29, 1.82) is 0 Å². The summed E-state index contributed by atoms with van der Waals surface area (Å²) in [5, 5.41) is 6.73. The summed E-state index contributed by atoms with van der Waals surface area (Å²) in [6.07, 6.45) is 4.23. The molecule has 6 nitrogen and oxygen atoms in total. The average Bonchev–Trinajstić information content (AvgIpc) is 2.68. The third-order valence-corrected chi connectivity index (χ3v) is 4.28. The first-order valence-corrected chi connectivity index (χ1v) is 8.88. The van der Waals surface area contributed by atoms with Crippen molar-refractivity contribution in [3.8, 4) is 0 Å². The second-order valence-electron chi connectivity index (χ2n) is 6.26. The van der Waals surface area contributed by atoms with E-state index in [2.05, 4.69) is 49.6 Å². The Balaban J connectivity index is 1.63. The van der Waals surface area contributed by atoms with Gasteiger partial charge in [-0.3, -0.25) is 4.98 Å². The van der Waals surface area contributed by atoms with Gasteiger partial charge >= 0.3 is 0 Å². The molecule has 0 unspecified atom stereocenters. The number of rotatable bonds is 5. The summed E-state index contributed by atoms with van der Waals surface area (Å²) < 4.78 is 0. The van der Waals surface area contributed by atoms with E-state index in [0.717, 1.165) is 46.2 Å². The monoisotopic (exact) mass is 356 g/mol. The number of nitrogens with zero attached hydrogens (tertiary/aromatic N) is 4. The number of hydrogen-bond acceptors (Lipinski definition) is 6. The molecule has 0 atom stereocenters. The Kier molecular flexibility index (Phi) is 4.61. The molecule has 0 spiro atoms. The van der Waals surface area contributed by atoms with Gasteiger partial charge in [-0.15, -0.1) is 0 Å². The first kappa shape index (κ1) is 16.9. The molecule has 2 aromatic heterocycles. The fraction of sp³-hybridized carbons (Fsp3) is 0.143. The lowest BCUT2D eigenvalue weighted by molar-refractivity contribution is 1.10. The van der Waals surface area contributed by atoms with Crippen LogP contribution in [0.5, 0.6) is 0 Å². The summed E-state index contributed by atoms with van der Waals surface area (Å²) >= 11 is 0. The van der Waals surface area contributed by atoms with Gasteiger partial charge in [0.2, 0.25) is 0 Å². The minimum atomic E-state index is 0.721. The van der Waals surface area contributed by atoms with Gasteiger partial charge in [0.05, 0.1) is 17.2 Å². The van der Waals surface area contributed by atoms with Crippen LogP contribution in [-0.4, -0.2) is 19.9 Å². The largest absolute Gasteiger partial charge is 0.340 e. The molecule has 0 saturated heterocycles. The molecule has 0 radical (unpaired) electrons. The van der Waals surface area contributed by atoms with Crippen molar-refractivity contribution in [3.05, 3.63) is 72.3 Å². The summed E-state index contributed by atoms with van der Waals surface area (Å²) in [6, 6.07) is 16.0. The molecule has 4 aromatic rings. The van der Waals surface area contributed by atoms with Gasteiger partial charge in [0.15, 0.2) is 0 Å². The lowest BCUT2D eigenvalue weighted by atomic mass is 10.1. The lowest BCUT2D eigenvalue weighted by Crippen LogP contribution is -2.01. The highest BCUT2D eigenvalue weighted by molar-refractivity contribution is 5.77. The molecule has 0 fully saturated rings. The standard InChI is InChI=1S/C21H20N6/c1-3-15-8-9-16(25-20-10-14(2)23-13-24-20)11-19(15)27-21-12-22-17-6-4-5-7-18(17)26-21/h4-13H,3H2,1-2H3,(H,26,27)(H,23,24,25). The highest BCUT2D eigenvalue weighted by atomic mass is 15.0. The van der Waals surface area contributed by atoms with Crippen LogP contribution in [0.4, 0.5) is 23.0 Å². The van der Waals surface area contributed by atoms with Gasteiger partial charge in [0, 0.05) is 23.1 Å². The molecule has 4 rings (SSSR count). The Hall–Kier alpha value is -3.54. The van der Waals surface area contributed by atoms with Gasteiger partial charge in [-0.05, 0) is 43.2 Å². The Labute approximate surface area is 157 Å². The summed E-state index contributed by atoms with van der Waals surface area (Å²) in [7, 11) is 0. The predicted molar refractivity (Wildman–Crippen MR) is 109 cm³/mol. The molecule has 27 heavy (non-hydrogen) atoms. The van der Waals surface area contributed by atoms with Crippen molar-refractivity contribution < 1.29 is 0 Å². The molecule has 0 amide bonds. The highest BCUT2D eigenvalue weighted by Gasteiger charge is 2.06. The number of para-hydroxylation sites is 2. The smallest absolute Gasteiger partial charge is 0.149 e. The summed E-state index contributed by atoms with van der Waals surface area (Å²) in [5.74, 6) is 1.49. The molecule has 134 valence electrons. The van der Waals surface area contributed by atoms with Gasteiger partial charge < -0.3 is 10.6 Å². The topological polar surface area (TPSA) is 75.6 Å². The van der Waals surface area contributed by atoms with Gasteiger partial charge in [-0.1, -0.05) is 25.1 Å². The predicted octanol–water partition coefficient (Wildman–Crippen LogP) is 4.78. The van der Waals surface area contributed by atoms with E-state index >= 15 is 0 Å². The molecule has 0 bridgehead atoms. The molecule has 2 heterocycles. The Morgan fingerprint density at radius 2 is 1.70 bits per heavy atom. The van der Waals surface area contributed by atoms with Crippen molar-refractivity contribution in [3.63, 3.8) is 0 Å². The van der Waals surface area contributed by atoms with Gasteiger partial charge in [-0.25, -0.2) is 15.0 Å². The van der Waals surface area contributed by atoms with Crippen molar-refractivity contribution in [1.82, 2.24) is 19.9 Å². The van der Waals surface area contributed by atoms with Crippen molar-refractivity contribution in [2.24, 2.45) is 0 Å². The third-order valence-electron chi connectivity index (χ3n) is 4.28. The van der Waals surface area contributed by atoms with E-state index in [1.54, 1.807) is 12.5 Å². The normalized spacial score (nSPS) is 10.7. The number of nitrogens with one attached hydrogen (secondary N) is 2.